The van der Waals surface area contributed by atoms with E-state index < -0.39 is 18.3 Å². The van der Waals surface area contributed by atoms with Crippen molar-refractivity contribution in [2.24, 2.45) is 7.05 Å². The molecule has 1 N–H and O–H groups in total. The van der Waals surface area contributed by atoms with Crippen LogP contribution in [-0.4, -0.2) is 37.3 Å². The van der Waals surface area contributed by atoms with Crippen molar-refractivity contribution in [2.75, 3.05) is 11.9 Å². The zero-order chi connectivity index (χ0) is 26.0. The third-order valence-corrected chi connectivity index (χ3v) is 5.43. The first-order chi connectivity index (χ1) is 17.2. The molecule has 0 aliphatic heterocycles. The van der Waals surface area contributed by atoms with Crippen molar-refractivity contribution in [3.05, 3.63) is 76.2 Å². The van der Waals surface area contributed by atoms with Gasteiger partial charge in [-0.3, -0.25) is 9.48 Å². The minimum Gasteiger partial charge on any atom is -0.361 e. The van der Waals surface area contributed by atoms with Gasteiger partial charge in [-0.25, -0.2) is 4.98 Å². The van der Waals surface area contributed by atoms with Crippen molar-refractivity contribution in [2.45, 2.75) is 20.0 Å². The third kappa shape index (κ3) is 5.18. The van der Waals surface area contributed by atoms with Gasteiger partial charge >= 0.3 is 6.18 Å². The lowest BCUT2D eigenvalue weighted by atomic mass is 10.1. The molecular formula is C25H22ClF3N6O. The maximum Gasteiger partial charge on any atom is 0.405 e. The number of aryl methyl sites for hydroxylation is 1. The predicted octanol–water partition coefficient (Wildman–Crippen LogP) is 5.99. The van der Waals surface area contributed by atoms with E-state index >= 15 is 0 Å². The van der Waals surface area contributed by atoms with Gasteiger partial charge in [0.1, 0.15) is 23.4 Å². The van der Waals surface area contributed by atoms with E-state index in [2.05, 4.69) is 20.5 Å². The van der Waals surface area contributed by atoms with Gasteiger partial charge in [0.05, 0.1) is 16.8 Å². The van der Waals surface area contributed by atoms with E-state index in [-0.39, 0.29) is 16.9 Å². The molecule has 0 amide bonds. The van der Waals surface area contributed by atoms with Gasteiger partial charge in [-0.2, -0.15) is 28.1 Å². The van der Waals surface area contributed by atoms with Crippen LogP contribution < -0.4 is 10.9 Å². The number of pyridine rings is 1. The minimum atomic E-state index is -4.41. The Morgan fingerprint density at radius 1 is 0.972 bits per heavy atom. The van der Waals surface area contributed by atoms with E-state index in [0.717, 1.165) is 10.9 Å². The molecule has 186 valence electrons. The van der Waals surface area contributed by atoms with Gasteiger partial charge in [-0.1, -0.05) is 37.6 Å². The van der Waals surface area contributed by atoms with Crippen LogP contribution in [0.1, 0.15) is 13.8 Å². The summed E-state index contributed by atoms with van der Waals surface area (Å²) in [6.07, 6.45) is -2.59. The number of hydrogen-bond acceptors (Lipinski definition) is 5. The Hall–Kier alpha value is -3.92. The number of hydrogen-bond donors (Lipinski definition) is 1. The van der Waals surface area contributed by atoms with E-state index in [1.54, 1.807) is 54.2 Å². The summed E-state index contributed by atoms with van der Waals surface area (Å²) in [6.45, 7) is 2.75. The van der Waals surface area contributed by atoms with Gasteiger partial charge in [-0.05, 0) is 48.0 Å². The summed E-state index contributed by atoms with van der Waals surface area (Å²) in [5.74, 6) is -0.0178. The molecule has 36 heavy (non-hydrogen) atoms. The first-order valence-electron chi connectivity index (χ1n) is 11.1. The molecule has 2 aromatic carbocycles. The van der Waals surface area contributed by atoms with Crippen LogP contribution >= 0.6 is 11.6 Å². The standard InChI is InChI=1S/C23H16ClF3N6O.C2H6/c1-32-11-14-10-16(6-7-17(14)30-32)33-22(34)20(13-2-4-15(24)5-3-13)21-18(31-33)8-9-19(29-21)28-12-23(25,26)27;1-2/h2-11H,12H2,1H3,(H,28,29);1-2H3. The zero-order valence-corrected chi connectivity index (χ0v) is 20.4. The van der Waals surface area contributed by atoms with Crippen molar-refractivity contribution in [1.82, 2.24) is 24.5 Å². The molecule has 0 saturated heterocycles. The van der Waals surface area contributed by atoms with Crippen LogP contribution in [0.4, 0.5) is 19.0 Å². The molecular weight excluding hydrogens is 493 g/mol. The van der Waals surface area contributed by atoms with Crippen LogP contribution in [0.3, 0.4) is 0 Å². The van der Waals surface area contributed by atoms with E-state index in [9.17, 15) is 18.0 Å². The van der Waals surface area contributed by atoms with Gasteiger partial charge in [0.2, 0.25) is 0 Å². The van der Waals surface area contributed by atoms with Gasteiger partial charge < -0.3 is 5.32 Å². The average Bonchev–Trinajstić information content (AvgIpc) is 3.23. The largest absolute Gasteiger partial charge is 0.405 e. The molecule has 0 bridgehead atoms. The van der Waals surface area contributed by atoms with Crippen molar-refractivity contribution >= 4 is 39.4 Å². The summed E-state index contributed by atoms with van der Waals surface area (Å²) in [5, 5.41) is 12.3. The molecule has 0 unspecified atom stereocenters. The second kappa shape index (κ2) is 9.98. The maximum absolute atomic E-state index is 13.6. The molecule has 5 aromatic rings. The van der Waals surface area contributed by atoms with Gasteiger partial charge in [0.15, 0.2) is 0 Å². The molecule has 0 aliphatic rings. The molecule has 0 fully saturated rings. The van der Waals surface area contributed by atoms with Crippen molar-refractivity contribution in [1.29, 1.82) is 0 Å². The molecule has 0 saturated carbocycles. The lowest BCUT2D eigenvalue weighted by Crippen LogP contribution is -2.24. The average molecular weight is 515 g/mol. The maximum atomic E-state index is 13.6. The Bertz CT molecular complexity index is 1590. The quantitative estimate of drug-likeness (QED) is 0.319. The van der Waals surface area contributed by atoms with E-state index in [4.69, 9.17) is 11.6 Å². The first-order valence-corrected chi connectivity index (χ1v) is 11.5. The third-order valence-electron chi connectivity index (χ3n) is 5.17. The number of aromatic nitrogens is 5. The van der Waals surface area contributed by atoms with Gasteiger partial charge in [0, 0.05) is 23.7 Å². The summed E-state index contributed by atoms with van der Waals surface area (Å²) in [4.78, 5) is 17.9. The zero-order valence-electron chi connectivity index (χ0n) is 19.6. The molecule has 0 spiro atoms. The lowest BCUT2D eigenvalue weighted by molar-refractivity contribution is -0.115. The fourth-order valence-corrected chi connectivity index (χ4v) is 3.81. The van der Waals surface area contributed by atoms with Crippen molar-refractivity contribution < 1.29 is 13.2 Å². The number of anilines is 1. The SMILES string of the molecule is CC.Cn1cc2cc(-n3nc4ccc(NCC(F)(F)F)nc4c(-c4ccc(Cl)cc4)c3=O)ccc2n1. The number of alkyl halides is 3. The molecule has 5 rings (SSSR count). The highest BCUT2D eigenvalue weighted by Gasteiger charge is 2.27. The van der Waals surface area contributed by atoms with Crippen molar-refractivity contribution in [3.8, 4) is 16.8 Å². The smallest absolute Gasteiger partial charge is 0.361 e. The Kier molecular flexibility index (Phi) is 6.98. The molecule has 7 nitrogen and oxygen atoms in total. The monoisotopic (exact) mass is 514 g/mol. The Morgan fingerprint density at radius 2 is 1.67 bits per heavy atom. The second-order valence-corrected chi connectivity index (χ2v) is 8.11. The molecule has 11 heteroatoms. The van der Waals surface area contributed by atoms with Crippen LogP contribution in [0.25, 0.3) is 38.8 Å². The predicted molar refractivity (Wildman–Crippen MR) is 136 cm³/mol. The fraction of sp³-hybridized carbons (Fsp3) is 0.200. The highest BCUT2D eigenvalue weighted by atomic mass is 35.5. The van der Waals surface area contributed by atoms with Crippen LogP contribution in [0.2, 0.25) is 5.02 Å². The topological polar surface area (TPSA) is 77.6 Å². The van der Waals surface area contributed by atoms with Gasteiger partial charge in [-0.15, -0.1) is 0 Å². The summed E-state index contributed by atoms with van der Waals surface area (Å²) in [7, 11) is 1.80. The van der Waals surface area contributed by atoms with E-state index in [1.165, 1.54) is 16.8 Å². The number of benzene rings is 2. The van der Waals surface area contributed by atoms with Crippen LogP contribution in [0.15, 0.2) is 65.6 Å². The number of rotatable bonds is 4. The summed E-state index contributed by atoms with van der Waals surface area (Å²) >= 11 is 6.02. The van der Waals surface area contributed by atoms with Crippen LogP contribution in [0.5, 0.6) is 0 Å². The van der Waals surface area contributed by atoms with Gasteiger partial charge in [0.25, 0.3) is 5.56 Å². The lowest BCUT2D eigenvalue weighted by Gasteiger charge is -2.13. The number of nitrogens with zero attached hydrogens (tertiary/aromatic N) is 5. The fourth-order valence-electron chi connectivity index (χ4n) is 3.69. The molecule has 3 aromatic heterocycles. The summed E-state index contributed by atoms with van der Waals surface area (Å²) < 4.78 is 41.0. The minimum absolute atomic E-state index is 0.0178. The Balaban J connectivity index is 0.00000148. The van der Waals surface area contributed by atoms with E-state index in [0.29, 0.717) is 21.8 Å². The Morgan fingerprint density at radius 3 is 2.36 bits per heavy atom. The van der Waals surface area contributed by atoms with E-state index in [1.807, 2.05) is 20.0 Å². The number of halogens is 4. The normalized spacial score (nSPS) is 11.4. The highest BCUT2D eigenvalue weighted by Crippen LogP contribution is 2.27. The number of nitrogens with one attached hydrogen (secondary N) is 1. The molecule has 0 atom stereocenters. The Labute approximate surface area is 209 Å². The van der Waals surface area contributed by atoms with Crippen LogP contribution in [-0.2, 0) is 7.05 Å². The van der Waals surface area contributed by atoms with Crippen molar-refractivity contribution in [3.63, 3.8) is 0 Å². The summed E-state index contributed by atoms with van der Waals surface area (Å²) in [5.41, 5.74) is 2.04. The van der Waals surface area contributed by atoms with Crippen LogP contribution in [0, 0.1) is 0 Å². The number of fused-ring (bicyclic) bond motifs is 2. The second-order valence-electron chi connectivity index (χ2n) is 7.68. The summed E-state index contributed by atoms with van der Waals surface area (Å²) in [6, 6.07) is 14.8. The molecule has 0 aliphatic carbocycles. The molecule has 3 heterocycles. The first kappa shape index (κ1) is 25.2. The highest BCUT2D eigenvalue weighted by molar-refractivity contribution is 6.30. The molecule has 0 radical (unpaired) electrons.